The van der Waals surface area contributed by atoms with Gasteiger partial charge in [0.2, 0.25) is 0 Å². The zero-order valence-corrected chi connectivity index (χ0v) is 26.3. The van der Waals surface area contributed by atoms with Crippen LogP contribution in [0.1, 0.15) is 95.6 Å². The maximum atomic E-state index is 12.5. The molecule has 0 aromatic heterocycles. The van der Waals surface area contributed by atoms with E-state index in [9.17, 15) is 4.79 Å². The number of unbranched alkanes of at least 4 members (excludes halogenated alkanes) is 7. The molecule has 0 fully saturated rings. The summed E-state index contributed by atoms with van der Waals surface area (Å²) in [6, 6.07) is 29.1. The third kappa shape index (κ3) is 10.2. The third-order valence-electron chi connectivity index (χ3n) is 8.00. The van der Waals surface area contributed by atoms with Crippen LogP contribution in [0, 0.1) is 0 Å². The molecule has 0 unspecified atom stereocenters. The summed E-state index contributed by atoms with van der Waals surface area (Å²) in [5.41, 5.74) is 4.43. The van der Waals surface area contributed by atoms with Crippen LogP contribution in [0.3, 0.4) is 0 Å². The van der Waals surface area contributed by atoms with Crippen molar-refractivity contribution in [3.8, 4) is 22.6 Å². The van der Waals surface area contributed by atoms with Crippen molar-refractivity contribution in [1.29, 1.82) is 0 Å². The number of ether oxygens (including phenoxy) is 3. The predicted octanol–water partition coefficient (Wildman–Crippen LogP) is 10.7. The molecule has 1 atom stereocenters. The summed E-state index contributed by atoms with van der Waals surface area (Å²) >= 11 is 0. The van der Waals surface area contributed by atoms with Crippen LogP contribution < -0.4 is 9.47 Å². The highest BCUT2D eigenvalue weighted by Gasteiger charge is 2.17. The predicted molar refractivity (Wildman–Crippen MR) is 178 cm³/mol. The Hall–Kier alpha value is -3.79. The van der Waals surface area contributed by atoms with Gasteiger partial charge in [0.05, 0.1) is 19.1 Å². The molecule has 0 bridgehead atoms. The van der Waals surface area contributed by atoms with Crippen molar-refractivity contribution in [3.63, 3.8) is 0 Å². The lowest BCUT2D eigenvalue weighted by atomic mass is 9.98. The molecule has 228 valence electrons. The van der Waals surface area contributed by atoms with E-state index in [1.807, 2.05) is 19.1 Å². The van der Waals surface area contributed by atoms with Crippen molar-refractivity contribution in [2.45, 2.75) is 91.1 Å². The fraction of sp³-hybridized carbons (Fsp3) is 0.410. The summed E-state index contributed by atoms with van der Waals surface area (Å²) in [6.45, 7) is 8.08. The van der Waals surface area contributed by atoms with Crippen LogP contribution in [0.2, 0.25) is 0 Å². The smallest absolute Gasteiger partial charge is 0.313 e. The number of esters is 1. The van der Waals surface area contributed by atoms with E-state index in [1.165, 1.54) is 43.2 Å². The maximum Gasteiger partial charge on any atom is 0.313 e. The van der Waals surface area contributed by atoms with Gasteiger partial charge in [-0.2, -0.15) is 0 Å². The first-order valence-electron chi connectivity index (χ1n) is 16.2. The normalized spacial score (nSPS) is 11.8. The van der Waals surface area contributed by atoms with Gasteiger partial charge in [-0.15, -0.1) is 0 Å². The highest BCUT2D eigenvalue weighted by molar-refractivity contribution is 5.86. The first kappa shape index (κ1) is 32.1. The van der Waals surface area contributed by atoms with Crippen LogP contribution in [-0.4, -0.2) is 19.2 Å². The van der Waals surface area contributed by atoms with E-state index in [2.05, 4.69) is 86.6 Å². The molecule has 0 aliphatic carbocycles. The summed E-state index contributed by atoms with van der Waals surface area (Å²) in [7, 11) is 0. The summed E-state index contributed by atoms with van der Waals surface area (Å²) in [5, 5.41) is 2.16. The highest BCUT2D eigenvalue weighted by atomic mass is 16.5. The van der Waals surface area contributed by atoms with Crippen molar-refractivity contribution in [3.05, 3.63) is 96.1 Å². The van der Waals surface area contributed by atoms with E-state index in [1.54, 1.807) is 0 Å². The van der Waals surface area contributed by atoms with Crippen LogP contribution in [0.25, 0.3) is 21.9 Å². The molecular formula is C39H48O4. The minimum absolute atomic E-state index is 0.161. The zero-order chi connectivity index (χ0) is 30.3. The number of carbonyl (C=O) groups is 1. The van der Waals surface area contributed by atoms with Crippen LogP contribution in [0.5, 0.6) is 11.5 Å². The lowest BCUT2D eigenvalue weighted by molar-refractivity contribution is -0.145. The molecule has 0 heterocycles. The number of rotatable bonds is 18. The Balaban J connectivity index is 1.25. The molecule has 4 aromatic carbocycles. The van der Waals surface area contributed by atoms with Crippen molar-refractivity contribution < 1.29 is 19.0 Å². The molecule has 0 aliphatic heterocycles. The van der Waals surface area contributed by atoms with Gasteiger partial charge in [0, 0.05) is 0 Å². The first-order valence-corrected chi connectivity index (χ1v) is 16.2. The molecule has 4 heteroatoms. The Morgan fingerprint density at radius 2 is 1.19 bits per heavy atom. The Labute approximate surface area is 258 Å². The van der Waals surface area contributed by atoms with Crippen LogP contribution in [-0.2, 0) is 16.1 Å². The molecule has 4 rings (SSSR count). The SMILES string of the molecule is CCCCCCCCOc1ccc(-c2ccc(COc3ccc4cc([C@H](C)C(=O)OCCCCC)ccc4c3)cc2)cc1. The molecule has 0 N–H and O–H groups in total. The van der Waals surface area contributed by atoms with Gasteiger partial charge in [-0.05, 0) is 77.1 Å². The van der Waals surface area contributed by atoms with E-state index in [-0.39, 0.29) is 11.9 Å². The summed E-state index contributed by atoms with van der Waals surface area (Å²) in [4.78, 5) is 12.5. The number of benzene rings is 4. The molecule has 0 saturated carbocycles. The van der Waals surface area contributed by atoms with Gasteiger partial charge >= 0.3 is 5.97 Å². The van der Waals surface area contributed by atoms with E-state index in [4.69, 9.17) is 14.2 Å². The highest BCUT2D eigenvalue weighted by Crippen LogP contribution is 2.27. The van der Waals surface area contributed by atoms with Gasteiger partial charge in [-0.3, -0.25) is 4.79 Å². The summed E-state index contributed by atoms with van der Waals surface area (Å²) in [5.74, 6) is 1.31. The van der Waals surface area contributed by atoms with Gasteiger partial charge in [0.15, 0.2) is 0 Å². The van der Waals surface area contributed by atoms with E-state index < -0.39 is 0 Å². The molecule has 43 heavy (non-hydrogen) atoms. The average Bonchev–Trinajstić information content (AvgIpc) is 3.05. The van der Waals surface area contributed by atoms with Gasteiger partial charge < -0.3 is 14.2 Å². The van der Waals surface area contributed by atoms with Gasteiger partial charge in [0.25, 0.3) is 0 Å². The fourth-order valence-electron chi connectivity index (χ4n) is 5.16. The molecule has 0 saturated heterocycles. The van der Waals surface area contributed by atoms with Gasteiger partial charge in [0.1, 0.15) is 18.1 Å². The first-order chi connectivity index (χ1) is 21.1. The fourth-order valence-corrected chi connectivity index (χ4v) is 5.16. The number of fused-ring (bicyclic) bond motifs is 1. The Morgan fingerprint density at radius 3 is 1.93 bits per heavy atom. The second-order valence-corrected chi connectivity index (χ2v) is 11.5. The molecular weight excluding hydrogens is 532 g/mol. The van der Waals surface area contributed by atoms with Crippen molar-refractivity contribution in [2.75, 3.05) is 13.2 Å². The van der Waals surface area contributed by atoms with Gasteiger partial charge in [-0.25, -0.2) is 0 Å². The van der Waals surface area contributed by atoms with E-state index >= 15 is 0 Å². The van der Waals surface area contributed by atoms with Gasteiger partial charge in [-0.1, -0.05) is 119 Å². The Bertz CT molecular complexity index is 1390. The standard InChI is InChI=1S/C39H48O4/c1-4-6-8-9-10-12-25-41-37-22-19-33(20-23-37)32-15-13-31(14-16-32)29-43-38-24-21-35-27-34(17-18-36(35)28-38)30(3)39(40)42-26-11-7-5-2/h13-24,27-28,30H,4-12,25-26,29H2,1-3H3/t30-/m0/s1. The van der Waals surface area contributed by atoms with Crippen molar-refractivity contribution in [2.24, 2.45) is 0 Å². The number of carbonyl (C=O) groups excluding carboxylic acids is 1. The minimum Gasteiger partial charge on any atom is -0.494 e. The summed E-state index contributed by atoms with van der Waals surface area (Å²) in [6.07, 6.45) is 10.7. The topological polar surface area (TPSA) is 44.8 Å². The van der Waals surface area contributed by atoms with Crippen molar-refractivity contribution >= 4 is 16.7 Å². The molecule has 4 nitrogen and oxygen atoms in total. The monoisotopic (exact) mass is 580 g/mol. The molecule has 0 aliphatic rings. The average molecular weight is 581 g/mol. The minimum atomic E-state index is -0.286. The molecule has 4 aromatic rings. The second-order valence-electron chi connectivity index (χ2n) is 11.5. The quantitative estimate of drug-likeness (QED) is 0.0867. The third-order valence-corrected chi connectivity index (χ3v) is 8.00. The van der Waals surface area contributed by atoms with Crippen molar-refractivity contribution in [1.82, 2.24) is 0 Å². The van der Waals surface area contributed by atoms with Crippen LogP contribution in [0.15, 0.2) is 84.9 Å². The summed E-state index contributed by atoms with van der Waals surface area (Å²) < 4.78 is 17.5. The van der Waals surface area contributed by atoms with Crippen LogP contribution in [0.4, 0.5) is 0 Å². The molecule has 0 amide bonds. The second kappa shape index (κ2) is 17.4. The lowest BCUT2D eigenvalue weighted by Gasteiger charge is -2.13. The molecule has 0 radical (unpaired) electrons. The van der Waals surface area contributed by atoms with Crippen LogP contribution >= 0.6 is 0 Å². The number of hydrogen-bond donors (Lipinski definition) is 0. The molecule has 0 spiro atoms. The largest absolute Gasteiger partial charge is 0.494 e. The number of hydrogen-bond acceptors (Lipinski definition) is 4. The van der Waals surface area contributed by atoms with E-state index in [0.717, 1.165) is 65.7 Å². The lowest BCUT2D eigenvalue weighted by Crippen LogP contribution is -2.14. The Kier molecular flexibility index (Phi) is 13.0. The zero-order valence-electron chi connectivity index (χ0n) is 26.3. The maximum absolute atomic E-state index is 12.5. The Morgan fingerprint density at radius 1 is 0.605 bits per heavy atom. The van der Waals surface area contributed by atoms with E-state index in [0.29, 0.717) is 13.2 Å².